The van der Waals surface area contributed by atoms with Crippen molar-refractivity contribution in [1.82, 2.24) is 19.5 Å². The molecular weight excluding hydrogens is 725 g/mol. The lowest BCUT2D eigenvalue weighted by Gasteiger charge is -2.15. The average Bonchev–Trinajstić information content (AvgIpc) is 3.79. The van der Waals surface area contributed by atoms with Crippen LogP contribution in [0.25, 0.3) is 126 Å². The first-order valence-electron chi connectivity index (χ1n) is 19.6. The molecule has 0 radical (unpaired) electrons. The van der Waals surface area contributed by atoms with Crippen LogP contribution in [0.1, 0.15) is 0 Å². The molecule has 3 aromatic heterocycles. The van der Waals surface area contributed by atoms with Crippen LogP contribution in [0.4, 0.5) is 0 Å². The Balaban J connectivity index is 1.06. The van der Waals surface area contributed by atoms with Crippen molar-refractivity contribution in [2.24, 2.45) is 0 Å². The van der Waals surface area contributed by atoms with E-state index in [2.05, 4.69) is 168 Å². The third-order valence-corrected chi connectivity index (χ3v) is 13.1. The topological polar surface area (TPSA) is 43.6 Å². The van der Waals surface area contributed by atoms with Gasteiger partial charge in [0.15, 0.2) is 17.5 Å². The molecule has 58 heavy (non-hydrogen) atoms. The maximum absolute atomic E-state index is 5.11. The summed E-state index contributed by atoms with van der Waals surface area (Å²) >= 11 is 1.88. The highest BCUT2D eigenvalue weighted by Crippen LogP contribution is 2.54. The first kappa shape index (κ1) is 31.7. The van der Waals surface area contributed by atoms with Crippen molar-refractivity contribution < 1.29 is 0 Å². The number of fused-ring (bicyclic) bond motifs is 8. The molecule has 1 aliphatic rings. The summed E-state index contributed by atoms with van der Waals surface area (Å²) in [6.07, 6.45) is 0. The zero-order chi connectivity index (χ0) is 37.9. The largest absolute Gasteiger partial charge is 0.309 e. The van der Waals surface area contributed by atoms with E-state index in [1.54, 1.807) is 0 Å². The zero-order valence-electron chi connectivity index (χ0n) is 31.0. The highest BCUT2D eigenvalue weighted by Gasteiger charge is 2.28. The van der Waals surface area contributed by atoms with Crippen LogP contribution < -0.4 is 0 Å². The van der Waals surface area contributed by atoms with Crippen LogP contribution >= 0.6 is 11.3 Å². The Kier molecular flexibility index (Phi) is 6.57. The van der Waals surface area contributed by atoms with Crippen LogP contribution in [0.2, 0.25) is 0 Å². The quantitative estimate of drug-likeness (QED) is 0.180. The SMILES string of the molecule is c1ccc(-c2nc(-c3ccc(-n4c5cc6sc7ccccc7c6c6c5c5c7c(cccc7ccc54)-c4ccccc4-6)cc3)nc(-c3ccc4ccccc4c3)n2)cc1. The van der Waals surface area contributed by atoms with Crippen LogP contribution in [0.15, 0.2) is 182 Å². The number of hydrogen-bond acceptors (Lipinski definition) is 4. The van der Waals surface area contributed by atoms with Gasteiger partial charge in [-0.1, -0.05) is 133 Å². The van der Waals surface area contributed by atoms with Crippen molar-refractivity contribution in [2.45, 2.75) is 0 Å². The molecule has 0 atom stereocenters. The lowest BCUT2D eigenvalue weighted by atomic mass is 9.91. The monoisotopic (exact) mass is 754 g/mol. The van der Waals surface area contributed by atoms with Crippen LogP contribution in [-0.2, 0) is 0 Å². The van der Waals surface area contributed by atoms with Gasteiger partial charge < -0.3 is 4.57 Å². The molecule has 4 nitrogen and oxygen atoms in total. The second-order valence-corrected chi connectivity index (χ2v) is 16.2. The Hall–Kier alpha value is -7.47. The second kappa shape index (κ2) is 12.0. The third kappa shape index (κ3) is 4.53. The number of hydrogen-bond donors (Lipinski definition) is 0. The highest BCUT2D eigenvalue weighted by atomic mass is 32.1. The van der Waals surface area contributed by atoms with E-state index in [9.17, 15) is 0 Å². The number of nitrogens with zero attached hydrogens (tertiary/aromatic N) is 4. The van der Waals surface area contributed by atoms with Gasteiger partial charge in [0, 0.05) is 58.9 Å². The Morgan fingerprint density at radius 3 is 1.84 bits per heavy atom. The van der Waals surface area contributed by atoms with Gasteiger partial charge in [0.2, 0.25) is 0 Å². The standard InChI is InChI=1S/C53H30N4S/c1-2-12-33(13-3-1)51-54-52(56-53(55-51)36-22-21-31-11-4-5-14-35(31)29-36)34-23-26-37(27-24-34)57-42-28-25-32-15-10-19-39-38-16-6-7-17-40(38)48-47-41-18-8-9-20-44(41)58-45(47)30-43(57)50(48)49(42)46(32)39/h1-30H. The predicted molar refractivity (Wildman–Crippen MR) is 243 cm³/mol. The second-order valence-electron chi connectivity index (χ2n) is 15.1. The van der Waals surface area contributed by atoms with E-state index in [1.807, 2.05) is 29.5 Å². The van der Waals surface area contributed by atoms with E-state index in [0.717, 1.165) is 27.8 Å². The number of benzene rings is 9. The van der Waals surface area contributed by atoms with Crippen LogP contribution in [0.5, 0.6) is 0 Å². The molecule has 0 aliphatic heterocycles. The van der Waals surface area contributed by atoms with Crippen molar-refractivity contribution in [1.29, 1.82) is 0 Å². The van der Waals surface area contributed by atoms with Gasteiger partial charge in [-0.15, -0.1) is 11.3 Å². The lowest BCUT2D eigenvalue weighted by molar-refractivity contribution is 1.07. The van der Waals surface area contributed by atoms with Crippen molar-refractivity contribution in [3.8, 4) is 62.1 Å². The Bertz CT molecular complexity index is 3670. The van der Waals surface area contributed by atoms with E-state index in [4.69, 9.17) is 15.0 Å². The maximum Gasteiger partial charge on any atom is 0.164 e. The molecule has 0 spiro atoms. The van der Waals surface area contributed by atoms with Crippen molar-refractivity contribution >= 4 is 74.9 Å². The Labute approximate surface area is 337 Å². The third-order valence-electron chi connectivity index (χ3n) is 11.9. The van der Waals surface area contributed by atoms with E-state index in [0.29, 0.717) is 17.5 Å². The lowest BCUT2D eigenvalue weighted by Crippen LogP contribution is -2.00. The minimum absolute atomic E-state index is 0.640. The van der Waals surface area contributed by atoms with Crippen molar-refractivity contribution in [3.05, 3.63) is 182 Å². The van der Waals surface area contributed by atoms with Gasteiger partial charge in [-0.25, -0.2) is 15.0 Å². The normalized spacial score (nSPS) is 12.1. The fourth-order valence-electron chi connectivity index (χ4n) is 9.39. The fraction of sp³-hybridized carbons (Fsp3) is 0. The number of thiophene rings is 1. The Morgan fingerprint density at radius 2 is 1.00 bits per heavy atom. The molecule has 9 aromatic carbocycles. The first-order chi connectivity index (χ1) is 28.7. The van der Waals surface area contributed by atoms with Crippen molar-refractivity contribution in [3.63, 3.8) is 0 Å². The van der Waals surface area contributed by atoms with Crippen LogP contribution in [0, 0.1) is 0 Å². The maximum atomic E-state index is 5.11. The molecule has 3 heterocycles. The number of aromatic nitrogens is 4. The molecule has 1 aliphatic carbocycles. The molecule has 0 bridgehead atoms. The molecule has 12 aromatic rings. The fourth-order valence-corrected chi connectivity index (χ4v) is 10.5. The molecule has 0 saturated carbocycles. The van der Waals surface area contributed by atoms with E-state index >= 15 is 0 Å². The summed E-state index contributed by atoms with van der Waals surface area (Å²) in [5.74, 6) is 1.94. The van der Waals surface area contributed by atoms with Gasteiger partial charge >= 0.3 is 0 Å². The summed E-state index contributed by atoms with van der Waals surface area (Å²) in [5.41, 5.74) is 11.5. The van der Waals surface area contributed by atoms with Gasteiger partial charge in [0.25, 0.3) is 0 Å². The summed E-state index contributed by atoms with van der Waals surface area (Å²) < 4.78 is 5.07. The molecule has 268 valence electrons. The van der Waals surface area contributed by atoms with Gasteiger partial charge in [0.05, 0.1) is 11.0 Å². The van der Waals surface area contributed by atoms with Gasteiger partial charge in [0.1, 0.15) is 0 Å². The smallest absolute Gasteiger partial charge is 0.164 e. The van der Waals surface area contributed by atoms with Crippen LogP contribution in [0.3, 0.4) is 0 Å². The van der Waals surface area contributed by atoms with Crippen LogP contribution in [-0.4, -0.2) is 19.5 Å². The van der Waals surface area contributed by atoms with Crippen molar-refractivity contribution in [2.75, 3.05) is 0 Å². The molecule has 5 heteroatoms. The molecule has 0 amide bonds. The van der Waals surface area contributed by atoms with Gasteiger partial charge in [-0.2, -0.15) is 0 Å². The molecule has 0 N–H and O–H groups in total. The Morgan fingerprint density at radius 1 is 0.362 bits per heavy atom. The van der Waals surface area contributed by atoms with E-state index in [-0.39, 0.29) is 0 Å². The molecule has 0 saturated heterocycles. The minimum atomic E-state index is 0.640. The molecule has 0 unspecified atom stereocenters. The summed E-state index contributed by atoms with van der Waals surface area (Å²) in [7, 11) is 0. The zero-order valence-corrected chi connectivity index (χ0v) is 31.8. The molecule has 0 fully saturated rings. The first-order valence-corrected chi connectivity index (χ1v) is 20.4. The molecule has 13 rings (SSSR count). The minimum Gasteiger partial charge on any atom is -0.309 e. The summed E-state index contributed by atoms with van der Waals surface area (Å²) in [4.78, 5) is 15.2. The molecular formula is C53H30N4S. The summed E-state index contributed by atoms with van der Waals surface area (Å²) in [6, 6.07) is 65.4. The van der Waals surface area contributed by atoms with E-state index < -0.39 is 0 Å². The number of rotatable bonds is 4. The summed E-state index contributed by atoms with van der Waals surface area (Å²) in [5, 5.41) is 10.2. The highest BCUT2D eigenvalue weighted by molar-refractivity contribution is 7.26. The summed E-state index contributed by atoms with van der Waals surface area (Å²) in [6.45, 7) is 0. The van der Waals surface area contributed by atoms with Gasteiger partial charge in [-0.3, -0.25) is 0 Å². The van der Waals surface area contributed by atoms with E-state index in [1.165, 1.54) is 80.4 Å². The van der Waals surface area contributed by atoms with Gasteiger partial charge in [-0.05, 0) is 86.8 Å². The predicted octanol–water partition coefficient (Wildman–Crippen LogP) is 14.3. The average molecular weight is 755 g/mol.